The number of carbonyl (C=O) groups excluding carboxylic acids is 2. The van der Waals surface area contributed by atoms with E-state index in [2.05, 4.69) is 17.2 Å². The molecule has 35 heavy (non-hydrogen) atoms. The molecule has 0 spiro atoms. The summed E-state index contributed by atoms with van der Waals surface area (Å²) in [6.07, 6.45) is -3.28. The van der Waals surface area contributed by atoms with Gasteiger partial charge in [-0.25, -0.2) is 0 Å². The molecular formula is C25H23F3N4O2S. The first-order valence-electron chi connectivity index (χ1n) is 10.8. The van der Waals surface area contributed by atoms with Crippen LogP contribution in [0, 0.1) is 17.2 Å². The molecule has 2 aromatic carbocycles. The van der Waals surface area contributed by atoms with Crippen LogP contribution in [0.5, 0.6) is 0 Å². The topological polar surface area (TPSA) is 85.2 Å². The Kier molecular flexibility index (Phi) is 8.25. The minimum absolute atomic E-state index is 0.0502. The Morgan fingerprint density at radius 1 is 1.11 bits per heavy atom. The summed E-state index contributed by atoms with van der Waals surface area (Å²) in [6, 6.07) is 13.4. The molecule has 0 radical (unpaired) electrons. The normalized spacial score (nSPS) is 14.1. The summed E-state index contributed by atoms with van der Waals surface area (Å²) >= 11 is 5.40. The third-order valence-electron chi connectivity index (χ3n) is 5.71. The lowest BCUT2D eigenvalue weighted by molar-refractivity contribution is -0.137. The van der Waals surface area contributed by atoms with Crippen LogP contribution in [0.25, 0.3) is 11.1 Å². The zero-order chi connectivity index (χ0) is 25.6. The molecule has 0 bridgehead atoms. The molecule has 3 rings (SSSR count). The van der Waals surface area contributed by atoms with Gasteiger partial charge < -0.3 is 15.5 Å². The lowest BCUT2D eigenvalue weighted by Gasteiger charge is -2.33. The van der Waals surface area contributed by atoms with Crippen LogP contribution in [0.4, 0.5) is 13.2 Å². The van der Waals surface area contributed by atoms with E-state index < -0.39 is 17.6 Å². The molecule has 1 heterocycles. The number of nitrogens with zero attached hydrogens (tertiary/aromatic N) is 2. The van der Waals surface area contributed by atoms with Crippen LogP contribution >= 0.6 is 12.2 Å². The number of nitriles is 1. The van der Waals surface area contributed by atoms with Gasteiger partial charge in [-0.05, 0) is 42.2 Å². The second-order valence-electron chi connectivity index (χ2n) is 8.00. The monoisotopic (exact) mass is 500 g/mol. The van der Waals surface area contributed by atoms with Crippen molar-refractivity contribution in [3.63, 3.8) is 0 Å². The Bertz CT molecular complexity index is 1160. The number of halogens is 3. The zero-order valence-electron chi connectivity index (χ0n) is 18.7. The predicted molar refractivity (Wildman–Crippen MR) is 129 cm³/mol. The molecular weight excluding hydrogens is 477 g/mol. The number of hydrogen-bond acceptors (Lipinski definition) is 4. The van der Waals surface area contributed by atoms with Crippen molar-refractivity contribution >= 4 is 29.0 Å². The molecule has 0 atom stereocenters. The lowest BCUT2D eigenvalue weighted by atomic mass is 9.94. The standard InChI is InChI=1S/C25H23F3N4O2S/c1-16(22(33)30-13-12-29)31-23(35)18-10-14-32(15-11-18)24(34)21-5-3-2-4-20(21)17-6-8-19(9-7-17)25(26,27)28/h2-9,18H,1,10-11,13-15H2,(H,30,33)(H,31,35). The van der Waals surface area contributed by atoms with E-state index in [0.717, 1.165) is 12.1 Å². The Labute approximate surface area is 206 Å². The number of carbonyl (C=O) groups is 2. The van der Waals surface area contributed by atoms with Crippen molar-refractivity contribution < 1.29 is 22.8 Å². The molecule has 1 saturated heterocycles. The van der Waals surface area contributed by atoms with Crippen molar-refractivity contribution in [3.05, 3.63) is 71.9 Å². The third-order valence-corrected chi connectivity index (χ3v) is 6.15. The molecule has 0 aromatic heterocycles. The fourth-order valence-electron chi connectivity index (χ4n) is 3.81. The number of piperidine rings is 1. The van der Waals surface area contributed by atoms with Crippen LogP contribution in [0.2, 0.25) is 0 Å². The Morgan fingerprint density at radius 2 is 1.74 bits per heavy atom. The number of nitrogens with one attached hydrogen (secondary N) is 2. The minimum Gasteiger partial charge on any atom is -0.346 e. The summed E-state index contributed by atoms with van der Waals surface area (Å²) in [5, 5.41) is 13.7. The van der Waals surface area contributed by atoms with Gasteiger partial charge in [0.15, 0.2) is 0 Å². The van der Waals surface area contributed by atoms with E-state index in [1.165, 1.54) is 12.1 Å². The molecule has 0 aliphatic carbocycles. The van der Waals surface area contributed by atoms with Crippen LogP contribution in [0.3, 0.4) is 0 Å². The SMILES string of the molecule is C=C(NC(=S)C1CCN(C(=O)c2ccccc2-c2ccc(C(F)(F)F)cc2)CC1)C(=O)NCC#N. The molecule has 0 unspecified atom stereocenters. The van der Waals surface area contributed by atoms with Crippen molar-refractivity contribution in [2.45, 2.75) is 19.0 Å². The van der Waals surface area contributed by atoms with Gasteiger partial charge >= 0.3 is 6.18 Å². The van der Waals surface area contributed by atoms with Gasteiger partial charge in [-0.1, -0.05) is 49.1 Å². The van der Waals surface area contributed by atoms with E-state index in [-0.39, 0.29) is 24.1 Å². The molecule has 0 saturated carbocycles. The maximum atomic E-state index is 13.3. The first-order chi connectivity index (χ1) is 16.6. The second-order valence-corrected chi connectivity index (χ2v) is 8.44. The predicted octanol–water partition coefficient (Wildman–Crippen LogP) is 4.30. The summed E-state index contributed by atoms with van der Waals surface area (Å²) in [7, 11) is 0. The fraction of sp³-hybridized carbons (Fsp3) is 0.280. The number of amides is 2. The first-order valence-corrected chi connectivity index (χ1v) is 11.2. The molecule has 2 N–H and O–H groups in total. The van der Waals surface area contributed by atoms with Gasteiger partial charge in [0.05, 0.1) is 22.3 Å². The summed E-state index contributed by atoms with van der Waals surface area (Å²) in [5.74, 6) is -0.778. The number of hydrogen-bond donors (Lipinski definition) is 2. The van der Waals surface area contributed by atoms with Crippen LogP contribution in [-0.2, 0) is 11.0 Å². The van der Waals surface area contributed by atoms with Gasteiger partial charge in [-0.3, -0.25) is 9.59 Å². The quantitative estimate of drug-likeness (QED) is 0.351. The molecule has 6 nitrogen and oxygen atoms in total. The van der Waals surface area contributed by atoms with E-state index in [0.29, 0.717) is 47.6 Å². The van der Waals surface area contributed by atoms with Gasteiger partial charge in [-0.2, -0.15) is 18.4 Å². The van der Waals surface area contributed by atoms with Crippen molar-refractivity contribution in [1.29, 1.82) is 5.26 Å². The molecule has 182 valence electrons. The van der Waals surface area contributed by atoms with Crippen molar-refractivity contribution in [1.82, 2.24) is 15.5 Å². The number of thiocarbonyl (C=S) groups is 1. The molecule has 1 fully saturated rings. The Balaban J connectivity index is 1.64. The third kappa shape index (κ3) is 6.45. The van der Waals surface area contributed by atoms with Crippen molar-refractivity contribution in [3.8, 4) is 17.2 Å². The number of benzene rings is 2. The van der Waals surface area contributed by atoms with Gasteiger partial charge in [0, 0.05) is 24.6 Å². The maximum absolute atomic E-state index is 13.3. The highest BCUT2D eigenvalue weighted by Crippen LogP contribution is 2.32. The summed E-state index contributed by atoms with van der Waals surface area (Å²) in [6.45, 7) is 4.36. The Hall–Kier alpha value is -3.71. The lowest BCUT2D eigenvalue weighted by Crippen LogP contribution is -2.43. The summed E-state index contributed by atoms with van der Waals surface area (Å²) in [5.41, 5.74) is 0.797. The van der Waals surface area contributed by atoms with E-state index in [4.69, 9.17) is 17.5 Å². The number of alkyl halides is 3. The smallest absolute Gasteiger partial charge is 0.346 e. The fourth-order valence-corrected chi connectivity index (χ4v) is 4.17. The molecule has 10 heteroatoms. The minimum atomic E-state index is -4.43. The first kappa shape index (κ1) is 25.9. The van der Waals surface area contributed by atoms with Crippen molar-refractivity contribution in [2.24, 2.45) is 5.92 Å². The van der Waals surface area contributed by atoms with E-state index in [1.807, 2.05) is 0 Å². The highest BCUT2D eigenvalue weighted by Gasteiger charge is 2.31. The van der Waals surface area contributed by atoms with E-state index in [9.17, 15) is 22.8 Å². The van der Waals surface area contributed by atoms with Gasteiger partial charge in [0.25, 0.3) is 11.8 Å². The number of rotatable bonds is 6. The zero-order valence-corrected chi connectivity index (χ0v) is 19.5. The maximum Gasteiger partial charge on any atom is 0.416 e. The molecule has 1 aliphatic rings. The van der Waals surface area contributed by atoms with Gasteiger partial charge in [-0.15, -0.1) is 0 Å². The van der Waals surface area contributed by atoms with Gasteiger partial charge in [0.1, 0.15) is 6.54 Å². The Morgan fingerprint density at radius 3 is 2.34 bits per heavy atom. The van der Waals surface area contributed by atoms with Crippen LogP contribution < -0.4 is 10.6 Å². The largest absolute Gasteiger partial charge is 0.416 e. The summed E-state index contributed by atoms with van der Waals surface area (Å²) in [4.78, 5) is 27.2. The van der Waals surface area contributed by atoms with Crippen molar-refractivity contribution in [2.75, 3.05) is 19.6 Å². The van der Waals surface area contributed by atoms with E-state index in [1.54, 1.807) is 35.2 Å². The average molecular weight is 501 g/mol. The van der Waals surface area contributed by atoms with Crippen LogP contribution in [0.1, 0.15) is 28.8 Å². The number of likely N-dealkylation sites (tertiary alicyclic amines) is 1. The molecule has 2 aromatic rings. The highest BCUT2D eigenvalue weighted by molar-refractivity contribution is 7.80. The second kappa shape index (κ2) is 11.1. The van der Waals surface area contributed by atoms with Crippen LogP contribution in [-0.4, -0.2) is 41.3 Å². The van der Waals surface area contributed by atoms with Gasteiger partial charge in [0.2, 0.25) is 0 Å². The highest BCUT2D eigenvalue weighted by atomic mass is 32.1. The average Bonchev–Trinajstić information content (AvgIpc) is 2.86. The van der Waals surface area contributed by atoms with E-state index >= 15 is 0 Å². The molecule has 2 amide bonds. The van der Waals surface area contributed by atoms with Crippen LogP contribution in [0.15, 0.2) is 60.8 Å². The molecule has 1 aliphatic heterocycles. The summed E-state index contributed by atoms with van der Waals surface area (Å²) < 4.78 is 38.7.